The molecule has 2 heterocycles. The Morgan fingerprint density at radius 2 is 2.00 bits per heavy atom. The van der Waals surface area contributed by atoms with Gasteiger partial charge in [-0.2, -0.15) is 0 Å². The third kappa shape index (κ3) is 3.15. The Morgan fingerprint density at radius 1 is 1.30 bits per heavy atom. The molecule has 0 radical (unpaired) electrons. The molecule has 1 aromatic heterocycles. The number of benzene rings is 1. The van der Waals surface area contributed by atoms with Crippen LogP contribution in [0.1, 0.15) is 19.9 Å². The van der Waals surface area contributed by atoms with E-state index < -0.39 is 21.2 Å². The minimum absolute atomic E-state index is 0.0976. The Bertz CT molecular complexity index is 905. The first-order valence-corrected chi connectivity index (χ1v) is 10.0. The van der Waals surface area contributed by atoms with Crippen LogP contribution in [0.3, 0.4) is 0 Å². The lowest BCUT2D eigenvalue weighted by Gasteiger charge is -2.19. The zero-order valence-corrected chi connectivity index (χ0v) is 14.5. The summed E-state index contributed by atoms with van der Waals surface area (Å²) in [5, 5.41) is 10.5. The van der Waals surface area contributed by atoms with Gasteiger partial charge in [0.1, 0.15) is 0 Å². The smallest absolute Gasteiger partial charge is 0.262 e. The first-order valence-electron chi connectivity index (χ1n) is 7.35. The van der Waals surface area contributed by atoms with Crippen molar-refractivity contribution < 1.29 is 13.5 Å². The summed E-state index contributed by atoms with van der Waals surface area (Å²) in [6.45, 7) is 3.76. The molecule has 124 valence electrons. The van der Waals surface area contributed by atoms with Gasteiger partial charge in [0.2, 0.25) is 0 Å². The van der Waals surface area contributed by atoms with Gasteiger partial charge in [-0.3, -0.25) is 9.36 Å². The summed E-state index contributed by atoms with van der Waals surface area (Å²) in [4.78, 5) is 17.2. The molecule has 1 fully saturated rings. The summed E-state index contributed by atoms with van der Waals surface area (Å²) in [5.74, 6) is -0.330. The number of fused-ring (bicyclic) bond motifs is 1. The Hall–Kier alpha value is -1.38. The van der Waals surface area contributed by atoms with Gasteiger partial charge < -0.3 is 5.11 Å². The molecular formula is C15H18N2O4S2. The molecule has 1 saturated heterocycles. The van der Waals surface area contributed by atoms with Gasteiger partial charge in [0.25, 0.3) is 5.56 Å². The summed E-state index contributed by atoms with van der Waals surface area (Å²) in [6.07, 6.45) is -0.936. The summed E-state index contributed by atoms with van der Waals surface area (Å²) < 4.78 is 24.9. The Balaban J connectivity index is 2.10. The number of aliphatic hydroxyl groups is 1. The number of nitrogens with zero attached hydrogens (tertiary/aromatic N) is 2. The van der Waals surface area contributed by atoms with Gasteiger partial charge in [0.15, 0.2) is 15.0 Å². The average molecular weight is 354 g/mol. The van der Waals surface area contributed by atoms with Crippen LogP contribution in [-0.4, -0.2) is 45.9 Å². The van der Waals surface area contributed by atoms with Gasteiger partial charge in [-0.15, -0.1) is 0 Å². The zero-order valence-electron chi connectivity index (χ0n) is 12.8. The first kappa shape index (κ1) is 16.5. The van der Waals surface area contributed by atoms with Crippen molar-refractivity contribution in [3.8, 4) is 0 Å². The molecule has 1 N–H and O–H groups in total. The number of hydrogen-bond acceptors (Lipinski definition) is 6. The van der Waals surface area contributed by atoms with Gasteiger partial charge in [-0.05, 0) is 26.0 Å². The fraction of sp³-hybridized carbons (Fsp3) is 0.467. The molecular weight excluding hydrogens is 336 g/mol. The highest BCUT2D eigenvalue weighted by Gasteiger charge is 2.38. The highest BCUT2D eigenvalue weighted by Crippen LogP contribution is 2.31. The Morgan fingerprint density at radius 3 is 2.61 bits per heavy atom. The van der Waals surface area contributed by atoms with Crippen molar-refractivity contribution in [2.45, 2.75) is 36.4 Å². The molecule has 0 amide bonds. The van der Waals surface area contributed by atoms with Gasteiger partial charge >= 0.3 is 0 Å². The van der Waals surface area contributed by atoms with Gasteiger partial charge in [-0.1, -0.05) is 23.9 Å². The summed E-state index contributed by atoms with van der Waals surface area (Å²) in [7, 11) is -3.24. The van der Waals surface area contributed by atoms with Crippen molar-refractivity contribution in [2.75, 3.05) is 11.5 Å². The van der Waals surface area contributed by atoms with E-state index in [2.05, 4.69) is 4.98 Å². The molecule has 1 aliphatic heterocycles. The second kappa shape index (κ2) is 5.92. The maximum Gasteiger partial charge on any atom is 0.262 e. The largest absolute Gasteiger partial charge is 0.391 e. The van der Waals surface area contributed by atoms with Gasteiger partial charge in [0.05, 0.1) is 33.8 Å². The molecule has 1 aliphatic rings. The molecule has 0 unspecified atom stereocenters. The first-order chi connectivity index (χ1) is 10.8. The quantitative estimate of drug-likeness (QED) is 0.834. The van der Waals surface area contributed by atoms with Crippen LogP contribution in [0.25, 0.3) is 10.9 Å². The fourth-order valence-electron chi connectivity index (χ4n) is 2.71. The minimum Gasteiger partial charge on any atom is -0.391 e. The number of sulfone groups is 1. The number of thioether (sulfide) groups is 1. The Labute approximate surface area is 138 Å². The van der Waals surface area contributed by atoms with E-state index in [9.17, 15) is 18.3 Å². The molecule has 8 heteroatoms. The molecule has 0 bridgehead atoms. The zero-order chi connectivity index (χ0) is 16.8. The summed E-state index contributed by atoms with van der Waals surface area (Å²) >= 11 is 1.17. The fourth-order valence-corrected chi connectivity index (χ4v) is 6.42. The van der Waals surface area contributed by atoms with Crippen LogP contribution in [0.15, 0.2) is 34.2 Å². The van der Waals surface area contributed by atoms with Crippen LogP contribution in [0.2, 0.25) is 0 Å². The van der Waals surface area contributed by atoms with Crippen molar-refractivity contribution in [2.24, 2.45) is 0 Å². The average Bonchev–Trinajstić information content (AvgIpc) is 2.71. The standard InChI is InChI=1S/C15H18N2O4S2/c1-9(2)17-14(19)10-5-3-4-6-11(10)16-15(17)22-13-8-23(20,21)7-12(13)18/h3-6,9,12-13,18H,7-8H2,1-2H3/t12-,13-/m0/s1. The van der Waals surface area contributed by atoms with Crippen molar-refractivity contribution in [1.29, 1.82) is 0 Å². The van der Waals surface area contributed by atoms with Crippen LogP contribution in [0, 0.1) is 0 Å². The lowest BCUT2D eigenvalue weighted by molar-refractivity contribution is 0.207. The van der Waals surface area contributed by atoms with E-state index in [1.165, 1.54) is 11.8 Å². The van der Waals surface area contributed by atoms with Gasteiger partial charge in [0, 0.05) is 6.04 Å². The molecule has 2 atom stereocenters. The lowest BCUT2D eigenvalue weighted by atomic mass is 10.2. The number of aromatic nitrogens is 2. The normalized spacial score (nSPS) is 23.7. The highest BCUT2D eigenvalue weighted by atomic mass is 32.2. The maximum atomic E-state index is 12.7. The molecule has 1 aromatic carbocycles. The SMILES string of the molecule is CC(C)n1c(S[C@H]2CS(=O)(=O)C[C@@H]2O)nc2ccccc2c1=O. The Kier molecular flexibility index (Phi) is 4.24. The van der Waals surface area contributed by atoms with Crippen LogP contribution in [0.5, 0.6) is 0 Å². The van der Waals surface area contributed by atoms with Crippen molar-refractivity contribution in [3.63, 3.8) is 0 Å². The highest BCUT2D eigenvalue weighted by molar-refractivity contribution is 8.01. The predicted molar refractivity (Wildman–Crippen MR) is 90.7 cm³/mol. The number of aliphatic hydroxyl groups excluding tert-OH is 1. The molecule has 0 saturated carbocycles. The molecule has 0 spiro atoms. The van der Waals surface area contributed by atoms with Gasteiger partial charge in [-0.25, -0.2) is 13.4 Å². The van der Waals surface area contributed by atoms with E-state index in [4.69, 9.17) is 0 Å². The van der Waals surface area contributed by atoms with Crippen LogP contribution in [-0.2, 0) is 9.84 Å². The third-order valence-corrected chi connectivity index (χ3v) is 7.03. The van der Waals surface area contributed by atoms with Crippen LogP contribution in [0.4, 0.5) is 0 Å². The van der Waals surface area contributed by atoms with Crippen LogP contribution < -0.4 is 5.56 Å². The molecule has 6 nitrogen and oxygen atoms in total. The minimum atomic E-state index is -3.24. The van der Waals surface area contributed by atoms with E-state index in [1.54, 1.807) is 28.8 Å². The number of hydrogen-bond donors (Lipinski definition) is 1. The topological polar surface area (TPSA) is 89.3 Å². The number of para-hydroxylation sites is 1. The molecule has 3 rings (SSSR count). The second-order valence-corrected chi connectivity index (χ2v) is 9.34. The van der Waals surface area contributed by atoms with E-state index >= 15 is 0 Å². The van der Waals surface area contributed by atoms with E-state index in [0.29, 0.717) is 16.1 Å². The number of rotatable bonds is 3. The molecule has 0 aliphatic carbocycles. The van der Waals surface area contributed by atoms with E-state index in [0.717, 1.165) is 0 Å². The summed E-state index contributed by atoms with van der Waals surface area (Å²) in [5.41, 5.74) is 0.427. The molecule has 23 heavy (non-hydrogen) atoms. The lowest BCUT2D eigenvalue weighted by Crippen LogP contribution is -2.27. The van der Waals surface area contributed by atoms with Crippen LogP contribution >= 0.6 is 11.8 Å². The maximum absolute atomic E-state index is 12.7. The summed E-state index contributed by atoms with van der Waals surface area (Å²) in [6, 6.07) is 6.96. The molecule has 2 aromatic rings. The van der Waals surface area contributed by atoms with E-state index in [1.807, 2.05) is 13.8 Å². The monoisotopic (exact) mass is 354 g/mol. The second-order valence-electron chi connectivity index (χ2n) is 5.98. The van der Waals surface area contributed by atoms with Crippen molar-refractivity contribution >= 4 is 32.5 Å². The predicted octanol–water partition coefficient (Wildman–Crippen LogP) is 1.23. The van der Waals surface area contributed by atoms with Crippen molar-refractivity contribution in [3.05, 3.63) is 34.6 Å². The van der Waals surface area contributed by atoms with E-state index in [-0.39, 0.29) is 23.1 Å². The third-order valence-electron chi connectivity index (χ3n) is 3.82. The van der Waals surface area contributed by atoms with Crippen molar-refractivity contribution in [1.82, 2.24) is 9.55 Å².